The highest BCUT2D eigenvalue weighted by atomic mass is 127. The number of nitrogens with zero attached hydrogens (tertiary/aromatic N) is 2. The molecule has 1 unspecified atom stereocenters. The van der Waals surface area contributed by atoms with Crippen molar-refractivity contribution in [1.82, 2.24) is 15.6 Å². The molecular formula is C23H29IN4O. The lowest BCUT2D eigenvalue weighted by atomic mass is 10.0. The van der Waals surface area contributed by atoms with Crippen LogP contribution in [-0.2, 0) is 6.42 Å². The Morgan fingerprint density at radius 1 is 1.07 bits per heavy atom. The van der Waals surface area contributed by atoms with Crippen LogP contribution < -0.4 is 10.6 Å². The molecule has 0 fully saturated rings. The molecule has 0 amide bonds. The predicted molar refractivity (Wildman–Crippen MR) is 130 cm³/mol. The van der Waals surface area contributed by atoms with Crippen molar-refractivity contribution in [2.75, 3.05) is 20.1 Å². The van der Waals surface area contributed by atoms with Gasteiger partial charge in [0.25, 0.3) is 0 Å². The van der Waals surface area contributed by atoms with Gasteiger partial charge in [-0.2, -0.15) is 0 Å². The van der Waals surface area contributed by atoms with E-state index in [1.54, 1.807) is 13.3 Å². The maximum absolute atomic E-state index is 5.62. The quantitative estimate of drug-likeness (QED) is 0.276. The summed E-state index contributed by atoms with van der Waals surface area (Å²) in [6, 6.07) is 18.7. The Hall–Kier alpha value is -2.35. The summed E-state index contributed by atoms with van der Waals surface area (Å²) in [6.07, 6.45) is 2.49. The van der Waals surface area contributed by atoms with Crippen LogP contribution >= 0.6 is 24.0 Å². The number of guanidine groups is 1. The SMILES string of the molecule is CN=C(NCCc1coc(-c2ccc(C)cc2)n1)NCC(C)c1ccccc1.I. The second-order valence-corrected chi connectivity index (χ2v) is 6.95. The van der Waals surface area contributed by atoms with Gasteiger partial charge in [-0.05, 0) is 30.5 Å². The zero-order valence-corrected chi connectivity index (χ0v) is 19.5. The molecule has 0 bridgehead atoms. The van der Waals surface area contributed by atoms with Crippen molar-refractivity contribution in [3.63, 3.8) is 0 Å². The first kappa shape index (κ1) is 22.9. The summed E-state index contributed by atoms with van der Waals surface area (Å²) in [5.74, 6) is 1.87. The van der Waals surface area contributed by atoms with Gasteiger partial charge in [0.05, 0.1) is 5.69 Å². The maximum atomic E-state index is 5.62. The monoisotopic (exact) mass is 504 g/mol. The van der Waals surface area contributed by atoms with Gasteiger partial charge in [-0.15, -0.1) is 24.0 Å². The fourth-order valence-corrected chi connectivity index (χ4v) is 2.93. The average molecular weight is 504 g/mol. The molecule has 0 spiro atoms. The van der Waals surface area contributed by atoms with Gasteiger partial charge < -0.3 is 15.1 Å². The maximum Gasteiger partial charge on any atom is 0.226 e. The van der Waals surface area contributed by atoms with Crippen LogP contribution in [0, 0.1) is 6.92 Å². The third-order valence-electron chi connectivity index (χ3n) is 4.69. The minimum absolute atomic E-state index is 0. The van der Waals surface area contributed by atoms with Crippen LogP contribution in [-0.4, -0.2) is 31.1 Å². The molecule has 0 saturated heterocycles. The molecule has 29 heavy (non-hydrogen) atoms. The van der Waals surface area contributed by atoms with Crippen LogP contribution in [0.25, 0.3) is 11.5 Å². The molecule has 3 rings (SSSR count). The van der Waals surface area contributed by atoms with Gasteiger partial charge in [-0.3, -0.25) is 4.99 Å². The molecule has 1 heterocycles. The molecule has 0 aliphatic heterocycles. The second-order valence-electron chi connectivity index (χ2n) is 6.95. The molecule has 0 aliphatic carbocycles. The van der Waals surface area contributed by atoms with Gasteiger partial charge in [0.2, 0.25) is 5.89 Å². The fraction of sp³-hybridized carbons (Fsp3) is 0.304. The van der Waals surface area contributed by atoms with E-state index in [1.165, 1.54) is 11.1 Å². The smallest absolute Gasteiger partial charge is 0.226 e. The number of hydrogen-bond acceptors (Lipinski definition) is 3. The summed E-state index contributed by atoms with van der Waals surface area (Å²) in [5.41, 5.74) is 4.46. The van der Waals surface area contributed by atoms with Crippen molar-refractivity contribution >= 4 is 29.9 Å². The Labute approximate surface area is 190 Å². The lowest BCUT2D eigenvalue weighted by molar-refractivity contribution is 0.572. The van der Waals surface area contributed by atoms with Gasteiger partial charge in [0, 0.05) is 32.1 Å². The van der Waals surface area contributed by atoms with Crippen LogP contribution in [0.4, 0.5) is 0 Å². The van der Waals surface area contributed by atoms with Crippen molar-refractivity contribution in [3.05, 3.63) is 77.7 Å². The molecule has 0 radical (unpaired) electrons. The van der Waals surface area contributed by atoms with E-state index < -0.39 is 0 Å². The average Bonchev–Trinajstić information content (AvgIpc) is 3.20. The van der Waals surface area contributed by atoms with Crippen molar-refractivity contribution in [3.8, 4) is 11.5 Å². The number of aromatic nitrogens is 1. The Balaban J connectivity index is 0.00000300. The highest BCUT2D eigenvalue weighted by Crippen LogP contribution is 2.19. The summed E-state index contributed by atoms with van der Waals surface area (Å²) in [7, 11) is 1.79. The number of nitrogens with one attached hydrogen (secondary N) is 2. The Morgan fingerprint density at radius 3 is 2.48 bits per heavy atom. The first-order valence-corrected chi connectivity index (χ1v) is 9.66. The minimum Gasteiger partial charge on any atom is -0.444 e. The van der Waals surface area contributed by atoms with Crippen LogP contribution in [0.2, 0.25) is 0 Å². The van der Waals surface area contributed by atoms with E-state index in [-0.39, 0.29) is 24.0 Å². The highest BCUT2D eigenvalue weighted by Gasteiger charge is 2.08. The summed E-state index contributed by atoms with van der Waals surface area (Å²) in [5, 5.41) is 6.72. The molecule has 5 nitrogen and oxygen atoms in total. The first-order chi connectivity index (χ1) is 13.7. The highest BCUT2D eigenvalue weighted by molar-refractivity contribution is 14.0. The summed E-state index contributed by atoms with van der Waals surface area (Å²) >= 11 is 0. The Kier molecular flexibility index (Phi) is 9.18. The van der Waals surface area contributed by atoms with Crippen molar-refractivity contribution < 1.29 is 4.42 Å². The van der Waals surface area contributed by atoms with Crippen molar-refractivity contribution in [2.45, 2.75) is 26.2 Å². The molecule has 0 saturated carbocycles. The molecule has 0 aliphatic rings. The Morgan fingerprint density at radius 2 is 1.79 bits per heavy atom. The molecule has 2 N–H and O–H groups in total. The number of oxazole rings is 1. The standard InChI is InChI=1S/C23H28N4O.HI/c1-17-9-11-20(12-10-17)22-27-21(16-28-22)13-14-25-23(24-3)26-15-18(2)19-7-5-4-6-8-19;/h4-12,16,18H,13-15H2,1-3H3,(H2,24,25,26);1H. The van der Waals surface area contributed by atoms with Crippen molar-refractivity contribution in [2.24, 2.45) is 4.99 Å². The lowest BCUT2D eigenvalue weighted by Crippen LogP contribution is -2.39. The van der Waals surface area contributed by atoms with Gasteiger partial charge in [-0.1, -0.05) is 55.0 Å². The van der Waals surface area contributed by atoms with E-state index in [9.17, 15) is 0 Å². The van der Waals surface area contributed by atoms with Crippen LogP contribution in [0.15, 0.2) is 70.3 Å². The number of aliphatic imine (C=N–C) groups is 1. The van der Waals surface area contributed by atoms with Crippen LogP contribution in [0.5, 0.6) is 0 Å². The molecule has 3 aromatic rings. The van der Waals surface area contributed by atoms with Gasteiger partial charge in [-0.25, -0.2) is 4.98 Å². The van der Waals surface area contributed by atoms with Gasteiger partial charge in [0.1, 0.15) is 6.26 Å². The summed E-state index contributed by atoms with van der Waals surface area (Å²) < 4.78 is 5.62. The van der Waals surface area contributed by atoms with E-state index >= 15 is 0 Å². The molecule has 6 heteroatoms. The van der Waals surface area contributed by atoms with Gasteiger partial charge >= 0.3 is 0 Å². The van der Waals surface area contributed by atoms with E-state index in [1.807, 2.05) is 18.2 Å². The van der Waals surface area contributed by atoms with Crippen LogP contribution in [0.3, 0.4) is 0 Å². The molecule has 1 aromatic heterocycles. The largest absolute Gasteiger partial charge is 0.444 e. The lowest BCUT2D eigenvalue weighted by Gasteiger charge is -2.16. The predicted octanol–water partition coefficient (Wildman–Crippen LogP) is 4.78. The number of hydrogen-bond donors (Lipinski definition) is 2. The Bertz CT molecular complexity index is 891. The zero-order chi connectivity index (χ0) is 19.8. The number of aryl methyl sites for hydroxylation is 1. The number of benzene rings is 2. The van der Waals surface area contributed by atoms with E-state index in [0.717, 1.165) is 36.7 Å². The van der Waals surface area contributed by atoms with E-state index in [0.29, 0.717) is 11.8 Å². The normalized spacial score (nSPS) is 12.2. The number of halogens is 1. The third kappa shape index (κ3) is 6.88. The second kappa shape index (κ2) is 11.6. The summed E-state index contributed by atoms with van der Waals surface area (Å²) in [4.78, 5) is 8.88. The summed E-state index contributed by atoms with van der Waals surface area (Å²) in [6.45, 7) is 5.83. The van der Waals surface area contributed by atoms with Gasteiger partial charge in [0.15, 0.2) is 5.96 Å². The minimum atomic E-state index is 0. The third-order valence-corrected chi connectivity index (χ3v) is 4.69. The van der Waals surface area contributed by atoms with Crippen LogP contribution in [0.1, 0.15) is 29.7 Å². The fourth-order valence-electron chi connectivity index (χ4n) is 2.93. The van der Waals surface area contributed by atoms with Crippen molar-refractivity contribution in [1.29, 1.82) is 0 Å². The van der Waals surface area contributed by atoms with E-state index in [2.05, 4.69) is 70.9 Å². The molecule has 154 valence electrons. The topological polar surface area (TPSA) is 62.5 Å². The molecule has 1 atom stereocenters. The number of rotatable bonds is 7. The molecule has 2 aromatic carbocycles. The first-order valence-electron chi connectivity index (χ1n) is 9.66. The van der Waals surface area contributed by atoms with E-state index in [4.69, 9.17) is 4.42 Å². The molecular weight excluding hydrogens is 475 g/mol. The zero-order valence-electron chi connectivity index (χ0n) is 17.2.